The molecule has 1 saturated carbocycles. The van der Waals surface area contributed by atoms with Crippen LogP contribution >= 0.6 is 0 Å². The molecule has 1 heterocycles. The van der Waals surface area contributed by atoms with E-state index in [9.17, 15) is 19.5 Å². The van der Waals surface area contributed by atoms with Crippen LogP contribution < -0.4 is 10.6 Å². The van der Waals surface area contributed by atoms with Crippen molar-refractivity contribution >= 4 is 23.6 Å². The van der Waals surface area contributed by atoms with Gasteiger partial charge in [-0.25, -0.2) is 4.79 Å². The summed E-state index contributed by atoms with van der Waals surface area (Å²) in [5.74, 6) is -1.37. The molecule has 28 heavy (non-hydrogen) atoms. The van der Waals surface area contributed by atoms with Crippen molar-refractivity contribution < 1.29 is 24.6 Å². The number of rotatable bonds is 4. The molecule has 152 valence electrons. The number of amides is 3. The highest BCUT2D eigenvalue weighted by atomic mass is 16.4. The summed E-state index contributed by atoms with van der Waals surface area (Å²) in [6.45, 7) is 0.990. The number of phenols is 1. The highest BCUT2D eigenvalue weighted by Gasteiger charge is 2.30. The molecule has 0 unspecified atom stereocenters. The van der Waals surface area contributed by atoms with Gasteiger partial charge in [-0.15, -0.1) is 0 Å². The van der Waals surface area contributed by atoms with Crippen molar-refractivity contribution in [1.29, 1.82) is 0 Å². The highest BCUT2D eigenvalue weighted by molar-refractivity contribution is 5.94. The highest BCUT2D eigenvalue weighted by Crippen LogP contribution is 2.26. The summed E-state index contributed by atoms with van der Waals surface area (Å²) in [7, 11) is 0. The zero-order chi connectivity index (χ0) is 20.1. The molecular weight excluding hydrogens is 362 g/mol. The summed E-state index contributed by atoms with van der Waals surface area (Å²) in [5, 5.41) is 24.6. The average Bonchev–Trinajstić information content (AvgIpc) is 2.70. The van der Waals surface area contributed by atoms with Gasteiger partial charge in [0.2, 0.25) is 5.91 Å². The summed E-state index contributed by atoms with van der Waals surface area (Å²) in [6.07, 6.45) is 3.69. The van der Waals surface area contributed by atoms with Crippen LogP contribution in [0.5, 0.6) is 5.75 Å². The molecule has 4 N–H and O–H groups in total. The van der Waals surface area contributed by atoms with E-state index in [1.807, 2.05) is 0 Å². The maximum atomic E-state index is 12.5. The number of nitrogens with zero attached hydrogens (tertiary/aromatic N) is 1. The number of nitrogens with one attached hydrogen (secondary N) is 2. The number of para-hydroxylation sites is 2. The van der Waals surface area contributed by atoms with Gasteiger partial charge in [-0.05, 0) is 50.7 Å². The minimum atomic E-state index is -0.756. The number of carbonyl (C=O) groups is 3. The van der Waals surface area contributed by atoms with Crippen LogP contribution in [-0.2, 0) is 9.59 Å². The topological polar surface area (TPSA) is 119 Å². The van der Waals surface area contributed by atoms with Crippen LogP contribution in [0.15, 0.2) is 24.3 Å². The van der Waals surface area contributed by atoms with Crippen molar-refractivity contribution in [2.75, 3.05) is 18.4 Å². The van der Waals surface area contributed by atoms with Crippen molar-refractivity contribution in [1.82, 2.24) is 10.2 Å². The Morgan fingerprint density at radius 1 is 0.929 bits per heavy atom. The third-order valence-corrected chi connectivity index (χ3v) is 5.72. The first kappa shape index (κ1) is 20.0. The molecule has 3 rings (SSSR count). The Bertz CT molecular complexity index is 722. The summed E-state index contributed by atoms with van der Waals surface area (Å²) < 4.78 is 0. The molecule has 1 aromatic carbocycles. The van der Waals surface area contributed by atoms with Crippen molar-refractivity contribution in [3.63, 3.8) is 0 Å². The second-order valence-electron chi connectivity index (χ2n) is 7.60. The minimum absolute atomic E-state index is 0.0187. The van der Waals surface area contributed by atoms with Crippen molar-refractivity contribution in [3.8, 4) is 5.75 Å². The number of carboxylic acid groups (broad SMARTS) is 1. The van der Waals surface area contributed by atoms with E-state index >= 15 is 0 Å². The smallest absolute Gasteiger partial charge is 0.317 e. The SMILES string of the molecule is O=C(O)C1CCC(NC(=O)N2CCC(C(=O)Nc3ccccc3O)CC2)CC1. The molecular formula is C20H27N3O5. The zero-order valence-electron chi connectivity index (χ0n) is 15.8. The number of hydrogen-bond donors (Lipinski definition) is 4. The quantitative estimate of drug-likeness (QED) is 0.590. The summed E-state index contributed by atoms with van der Waals surface area (Å²) in [4.78, 5) is 37.6. The summed E-state index contributed by atoms with van der Waals surface area (Å²) in [6, 6.07) is 6.48. The normalized spacial score (nSPS) is 23.1. The maximum Gasteiger partial charge on any atom is 0.317 e. The van der Waals surface area contributed by atoms with E-state index in [1.165, 1.54) is 6.07 Å². The number of urea groups is 1. The van der Waals surface area contributed by atoms with Gasteiger partial charge in [-0.2, -0.15) is 0 Å². The van der Waals surface area contributed by atoms with Crippen LogP contribution in [-0.4, -0.2) is 52.2 Å². The third kappa shape index (κ3) is 4.94. The van der Waals surface area contributed by atoms with Crippen molar-refractivity contribution in [2.24, 2.45) is 11.8 Å². The summed E-state index contributed by atoms with van der Waals surface area (Å²) in [5.41, 5.74) is 0.393. The minimum Gasteiger partial charge on any atom is -0.506 e. The van der Waals surface area contributed by atoms with E-state index in [-0.39, 0.29) is 35.6 Å². The van der Waals surface area contributed by atoms with Gasteiger partial charge in [-0.3, -0.25) is 9.59 Å². The lowest BCUT2D eigenvalue weighted by atomic mass is 9.86. The van der Waals surface area contributed by atoms with Gasteiger partial charge < -0.3 is 25.7 Å². The zero-order valence-corrected chi connectivity index (χ0v) is 15.8. The van der Waals surface area contributed by atoms with Crippen LogP contribution in [0, 0.1) is 11.8 Å². The Kier molecular flexibility index (Phi) is 6.38. The molecule has 0 aromatic heterocycles. The number of piperidine rings is 1. The lowest BCUT2D eigenvalue weighted by molar-refractivity contribution is -0.142. The molecule has 1 saturated heterocycles. The van der Waals surface area contributed by atoms with E-state index in [2.05, 4.69) is 10.6 Å². The Morgan fingerprint density at radius 2 is 1.57 bits per heavy atom. The molecule has 8 heteroatoms. The molecule has 2 aliphatic rings. The van der Waals surface area contributed by atoms with Gasteiger partial charge in [0.25, 0.3) is 0 Å². The Morgan fingerprint density at radius 3 is 2.18 bits per heavy atom. The van der Waals surface area contributed by atoms with Gasteiger partial charge in [0, 0.05) is 25.0 Å². The molecule has 2 fully saturated rings. The monoisotopic (exact) mass is 389 g/mol. The number of anilines is 1. The third-order valence-electron chi connectivity index (χ3n) is 5.72. The predicted molar refractivity (Wildman–Crippen MR) is 103 cm³/mol. The van der Waals surface area contributed by atoms with E-state index in [0.717, 1.165) is 0 Å². The molecule has 0 atom stereocenters. The second-order valence-corrected chi connectivity index (χ2v) is 7.60. The Balaban J connectivity index is 1.42. The summed E-state index contributed by atoms with van der Waals surface area (Å²) >= 11 is 0. The molecule has 1 aliphatic heterocycles. The standard InChI is InChI=1S/C20H27N3O5/c24-17-4-2-1-3-16(17)22-18(25)13-9-11-23(12-10-13)20(28)21-15-7-5-14(6-8-15)19(26)27/h1-4,13-15,24H,5-12H2,(H,21,28)(H,22,25)(H,26,27). The number of likely N-dealkylation sites (tertiary alicyclic amines) is 1. The number of hydrogen-bond acceptors (Lipinski definition) is 4. The fourth-order valence-electron chi connectivity index (χ4n) is 3.91. The van der Waals surface area contributed by atoms with Crippen LogP contribution in [0.3, 0.4) is 0 Å². The van der Waals surface area contributed by atoms with Gasteiger partial charge in [0.15, 0.2) is 0 Å². The molecule has 3 amide bonds. The fraction of sp³-hybridized carbons (Fsp3) is 0.550. The molecule has 0 radical (unpaired) electrons. The molecule has 1 aromatic rings. The Hall–Kier alpha value is -2.77. The van der Waals surface area contributed by atoms with E-state index < -0.39 is 5.97 Å². The van der Waals surface area contributed by atoms with Crippen LogP contribution in [0.4, 0.5) is 10.5 Å². The van der Waals surface area contributed by atoms with Gasteiger partial charge >= 0.3 is 12.0 Å². The predicted octanol–water partition coefficient (Wildman–Crippen LogP) is 2.40. The number of phenolic OH excluding ortho intramolecular Hbond substituents is 1. The number of aliphatic carboxylic acids is 1. The van der Waals surface area contributed by atoms with Crippen LogP contribution in [0.2, 0.25) is 0 Å². The van der Waals surface area contributed by atoms with E-state index in [1.54, 1.807) is 23.1 Å². The first-order chi connectivity index (χ1) is 13.4. The van der Waals surface area contributed by atoms with Crippen molar-refractivity contribution in [2.45, 2.75) is 44.6 Å². The number of benzene rings is 1. The number of carboxylic acids is 1. The van der Waals surface area contributed by atoms with E-state index in [0.29, 0.717) is 57.3 Å². The second kappa shape index (κ2) is 8.95. The average molecular weight is 389 g/mol. The number of carbonyl (C=O) groups excluding carboxylic acids is 2. The molecule has 8 nitrogen and oxygen atoms in total. The fourth-order valence-corrected chi connectivity index (χ4v) is 3.91. The lowest BCUT2D eigenvalue weighted by Crippen LogP contribution is -2.49. The Labute approximate surface area is 163 Å². The first-order valence-electron chi connectivity index (χ1n) is 9.81. The first-order valence-corrected chi connectivity index (χ1v) is 9.81. The van der Waals surface area contributed by atoms with Gasteiger partial charge in [0.05, 0.1) is 11.6 Å². The maximum absolute atomic E-state index is 12.5. The van der Waals surface area contributed by atoms with E-state index in [4.69, 9.17) is 5.11 Å². The van der Waals surface area contributed by atoms with Crippen LogP contribution in [0.1, 0.15) is 38.5 Å². The van der Waals surface area contributed by atoms with Gasteiger partial charge in [0.1, 0.15) is 5.75 Å². The van der Waals surface area contributed by atoms with Crippen molar-refractivity contribution in [3.05, 3.63) is 24.3 Å². The number of aromatic hydroxyl groups is 1. The van der Waals surface area contributed by atoms with Gasteiger partial charge in [-0.1, -0.05) is 12.1 Å². The lowest BCUT2D eigenvalue weighted by Gasteiger charge is -2.34. The molecule has 1 aliphatic carbocycles. The van der Waals surface area contributed by atoms with Crippen LogP contribution in [0.25, 0.3) is 0 Å². The largest absolute Gasteiger partial charge is 0.506 e. The molecule has 0 spiro atoms. The molecule has 0 bridgehead atoms.